The number of hydrogen-bond donors (Lipinski definition) is 2. The fourth-order valence-corrected chi connectivity index (χ4v) is 2.59. The molecule has 0 fully saturated rings. The summed E-state index contributed by atoms with van der Waals surface area (Å²) in [4.78, 5) is 8.97. The molecule has 7 heteroatoms. The first kappa shape index (κ1) is 21.9. The van der Waals surface area contributed by atoms with Gasteiger partial charge in [-0.25, -0.2) is 4.99 Å². The van der Waals surface area contributed by atoms with Gasteiger partial charge in [0.1, 0.15) is 6.54 Å². The monoisotopic (exact) mass is 461 g/mol. The highest BCUT2D eigenvalue weighted by Crippen LogP contribution is 2.20. The second-order valence-electron chi connectivity index (χ2n) is 7.25. The van der Waals surface area contributed by atoms with Gasteiger partial charge in [0.25, 0.3) is 0 Å². The van der Waals surface area contributed by atoms with Gasteiger partial charge in [-0.1, -0.05) is 37.6 Å². The van der Waals surface area contributed by atoms with Crippen LogP contribution in [-0.2, 0) is 12.0 Å². The SMILES string of the molecule is CCNC(=NCc1noc(C(C)(C)C)n1)NCCC1=CCCCC1.I. The number of aliphatic imine (C=N–C) groups is 1. The summed E-state index contributed by atoms with van der Waals surface area (Å²) in [5.74, 6) is 2.07. The van der Waals surface area contributed by atoms with Crippen molar-refractivity contribution in [3.63, 3.8) is 0 Å². The molecule has 0 bridgehead atoms. The maximum Gasteiger partial charge on any atom is 0.232 e. The van der Waals surface area contributed by atoms with Crippen LogP contribution in [0.25, 0.3) is 0 Å². The molecule has 142 valence electrons. The molecular formula is C18H32IN5O. The van der Waals surface area contributed by atoms with Crippen LogP contribution in [0.1, 0.15) is 71.5 Å². The van der Waals surface area contributed by atoms with Gasteiger partial charge in [-0.3, -0.25) is 0 Å². The molecule has 1 aromatic heterocycles. The first-order chi connectivity index (χ1) is 11.5. The summed E-state index contributed by atoms with van der Waals surface area (Å²) < 4.78 is 5.30. The summed E-state index contributed by atoms with van der Waals surface area (Å²) in [5.41, 5.74) is 1.43. The van der Waals surface area contributed by atoms with Crippen molar-refractivity contribution in [1.29, 1.82) is 0 Å². The Labute approximate surface area is 168 Å². The van der Waals surface area contributed by atoms with Gasteiger partial charge in [0.05, 0.1) is 0 Å². The van der Waals surface area contributed by atoms with Gasteiger partial charge in [0.2, 0.25) is 5.89 Å². The maximum atomic E-state index is 5.30. The van der Waals surface area contributed by atoms with Crippen molar-refractivity contribution in [3.8, 4) is 0 Å². The molecule has 0 radical (unpaired) electrons. The lowest BCUT2D eigenvalue weighted by Crippen LogP contribution is -2.37. The van der Waals surface area contributed by atoms with Crippen LogP contribution in [0.3, 0.4) is 0 Å². The quantitative estimate of drug-likeness (QED) is 0.291. The average Bonchev–Trinajstić information content (AvgIpc) is 3.03. The molecule has 1 aromatic rings. The molecule has 0 saturated carbocycles. The third-order valence-electron chi connectivity index (χ3n) is 3.96. The van der Waals surface area contributed by atoms with Crippen LogP contribution >= 0.6 is 24.0 Å². The predicted octanol–water partition coefficient (Wildman–Crippen LogP) is 3.93. The second kappa shape index (κ2) is 10.8. The van der Waals surface area contributed by atoms with Gasteiger partial charge in [0, 0.05) is 18.5 Å². The summed E-state index contributed by atoms with van der Waals surface area (Å²) in [5, 5.41) is 10.7. The van der Waals surface area contributed by atoms with E-state index >= 15 is 0 Å². The molecular weight excluding hydrogens is 429 g/mol. The number of hydrogen-bond acceptors (Lipinski definition) is 4. The standard InChI is InChI=1S/C18H31N5O.HI/c1-5-19-17(20-12-11-14-9-7-6-8-10-14)21-13-15-22-16(24-23-15)18(2,3)4;/h9H,5-8,10-13H2,1-4H3,(H2,19,20,21);1H. The number of nitrogens with one attached hydrogen (secondary N) is 2. The molecule has 0 spiro atoms. The minimum atomic E-state index is -0.133. The van der Waals surface area contributed by atoms with Gasteiger partial charge in [-0.2, -0.15) is 4.98 Å². The van der Waals surface area contributed by atoms with Crippen LogP contribution < -0.4 is 10.6 Å². The van der Waals surface area contributed by atoms with E-state index in [4.69, 9.17) is 4.52 Å². The van der Waals surface area contributed by atoms with E-state index in [9.17, 15) is 0 Å². The largest absolute Gasteiger partial charge is 0.357 e. The van der Waals surface area contributed by atoms with Crippen molar-refractivity contribution >= 4 is 29.9 Å². The summed E-state index contributed by atoms with van der Waals surface area (Å²) >= 11 is 0. The molecule has 0 aromatic carbocycles. The van der Waals surface area contributed by atoms with Crippen LogP contribution in [0.4, 0.5) is 0 Å². The number of nitrogens with zero attached hydrogens (tertiary/aromatic N) is 3. The molecule has 0 amide bonds. The fraction of sp³-hybridized carbons (Fsp3) is 0.722. The number of aromatic nitrogens is 2. The molecule has 0 saturated heterocycles. The van der Waals surface area contributed by atoms with Crippen molar-refractivity contribution in [3.05, 3.63) is 23.4 Å². The molecule has 1 aliphatic carbocycles. The molecule has 6 nitrogen and oxygen atoms in total. The Balaban J connectivity index is 0.00000312. The number of guanidine groups is 1. The average molecular weight is 461 g/mol. The van der Waals surface area contributed by atoms with E-state index in [-0.39, 0.29) is 29.4 Å². The Morgan fingerprint density at radius 2 is 2.08 bits per heavy atom. The Morgan fingerprint density at radius 1 is 1.28 bits per heavy atom. The molecule has 0 atom stereocenters. The van der Waals surface area contributed by atoms with Crippen molar-refractivity contribution in [1.82, 2.24) is 20.8 Å². The fourth-order valence-electron chi connectivity index (χ4n) is 2.59. The normalized spacial score (nSPS) is 15.4. The molecule has 2 N–H and O–H groups in total. The zero-order valence-electron chi connectivity index (χ0n) is 15.9. The summed E-state index contributed by atoms with van der Waals surface area (Å²) in [6.07, 6.45) is 8.62. The Kier molecular flexibility index (Phi) is 9.45. The zero-order valence-corrected chi connectivity index (χ0v) is 18.2. The van der Waals surface area contributed by atoms with Crippen LogP contribution in [0.5, 0.6) is 0 Å². The van der Waals surface area contributed by atoms with E-state index in [2.05, 4.69) is 59.5 Å². The van der Waals surface area contributed by atoms with Crippen LogP contribution in [0.2, 0.25) is 0 Å². The Hall–Kier alpha value is -1.12. The molecule has 0 unspecified atom stereocenters. The van der Waals surface area contributed by atoms with Gasteiger partial charge in [0.15, 0.2) is 11.8 Å². The van der Waals surface area contributed by atoms with Crippen molar-refractivity contribution in [2.24, 2.45) is 4.99 Å². The van der Waals surface area contributed by atoms with Crippen molar-refractivity contribution in [2.45, 2.75) is 71.8 Å². The third-order valence-corrected chi connectivity index (χ3v) is 3.96. The van der Waals surface area contributed by atoms with E-state index in [0.29, 0.717) is 18.3 Å². The van der Waals surface area contributed by atoms with E-state index in [0.717, 1.165) is 25.5 Å². The van der Waals surface area contributed by atoms with Crippen LogP contribution in [0.15, 0.2) is 21.2 Å². The second-order valence-corrected chi connectivity index (χ2v) is 7.25. The van der Waals surface area contributed by atoms with Crippen molar-refractivity contribution in [2.75, 3.05) is 13.1 Å². The summed E-state index contributed by atoms with van der Waals surface area (Å²) in [6, 6.07) is 0. The van der Waals surface area contributed by atoms with E-state index in [1.54, 1.807) is 5.57 Å². The van der Waals surface area contributed by atoms with Gasteiger partial charge < -0.3 is 15.2 Å². The topological polar surface area (TPSA) is 75.3 Å². The first-order valence-corrected chi connectivity index (χ1v) is 9.02. The van der Waals surface area contributed by atoms with Crippen molar-refractivity contribution < 1.29 is 4.52 Å². The molecule has 25 heavy (non-hydrogen) atoms. The highest BCUT2D eigenvalue weighted by Gasteiger charge is 2.21. The highest BCUT2D eigenvalue weighted by molar-refractivity contribution is 14.0. The lowest BCUT2D eigenvalue weighted by Gasteiger charge is -2.14. The lowest BCUT2D eigenvalue weighted by molar-refractivity contribution is 0.318. The first-order valence-electron chi connectivity index (χ1n) is 9.02. The van der Waals surface area contributed by atoms with Gasteiger partial charge in [-0.05, 0) is 39.0 Å². The molecule has 0 aliphatic heterocycles. The summed E-state index contributed by atoms with van der Waals surface area (Å²) in [7, 11) is 0. The number of allylic oxidation sites excluding steroid dienone is 1. The Bertz CT molecular complexity index is 574. The predicted molar refractivity (Wildman–Crippen MR) is 112 cm³/mol. The minimum absolute atomic E-state index is 0. The summed E-state index contributed by atoms with van der Waals surface area (Å²) in [6.45, 7) is 10.4. The van der Waals surface area contributed by atoms with Gasteiger partial charge in [-0.15, -0.1) is 24.0 Å². The molecule has 1 aliphatic rings. The zero-order chi connectivity index (χ0) is 17.4. The molecule has 2 rings (SSSR count). The third kappa shape index (κ3) is 7.75. The maximum absolute atomic E-state index is 5.30. The number of rotatable bonds is 6. The van der Waals surface area contributed by atoms with Crippen LogP contribution in [0, 0.1) is 0 Å². The van der Waals surface area contributed by atoms with E-state index in [1.165, 1.54) is 25.7 Å². The Morgan fingerprint density at radius 3 is 2.68 bits per heavy atom. The number of halogens is 1. The van der Waals surface area contributed by atoms with Crippen LogP contribution in [-0.4, -0.2) is 29.2 Å². The molecule has 1 heterocycles. The lowest BCUT2D eigenvalue weighted by atomic mass is 9.97. The smallest absolute Gasteiger partial charge is 0.232 e. The highest BCUT2D eigenvalue weighted by atomic mass is 127. The van der Waals surface area contributed by atoms with E-state index in [1.807, 2.05) is 0 Å². The van der Waals surface area contributed by atoms with Gasteiger partial charge >= 0.3 is 0 Å². The van der Waals surface area contributed by atoms with E-state index < -0.39 is 0 Å². The minimum Gasteiger partial charge on any atom is -0.357 e.